The first-order valence-electron chi connectivity index (χ1n) is 9.50. The third-order valence-electron chi connectivity index (χ3n) is 6.01. The van der Waals surface area contributed by atoms with Crippen LogP contribution in [0.1, 0.15) is 24.4 Å². The van der Waals surface area contributed by atoms with E-state index in [2.05, 4.69) is 44.0 Å². The highest BCUT2D eigenvalue weighted by Gasteiger charge is 2.48. The van der Waals surface area contributed by atoms with Crippen LogP contribution >= 0.6 is 0 Å². The molecule has 6 heteroatoms. The van der Waals surface area contributed by atoms with Gasteiger partial charge in [-0.05, 0) is 18.6 Å². The number of rotatable bonds is 2. The Bertz CT molecular complexity index is 998. The van der Waals surface area contributed by atoms with Gasteiger partial charge in [0.2, 0.25) is 5.91 Å². The van der Waals surface area contributed by atoms with Gasteiger partial charge >= 0.3 is 0 Å². The standard InChI is InChI=1S/C21H23N5O/c1-13-23-18-8-9-22-19(18)21(24-13)25-10-16-11-26(14(2)27)20(17(16)12-25)15-6-4-3-5-7-15/h3-9,16-17,20,22H,10-12H2,1-2H3/t16-,17-,20+/m1/s1. The number of benzene rings is 1. The normalized spacial score (nSPS) is 24.6. The second-order valence-corrected chi connectivity index (χ2v) is 7.69. The molecular formula is C21H23N5O. The summed E-state index contributed by atoms with van der Waals surface area (Å²) in [6.45, 7) is 6.26. The molecule has 2 aromatic heterocycles. The maximum Gasteiger partial charge on any atom is 0.219 e. The van der Waals surface area contributed by atoms with Gasteiger partial charge in [0, 0.05) is 44.6 Å². The van der Waals surface area contributed by atoms with Crippen LogP contribution < -0.4 is 4.90 Å². The van der Waals surface area contributed by atoms with E-state index < -0.39 is 0 Å². The maximum atomic E-state index is 12.3. The zero-order valence-corrected chi connectivity index (χ0v) is 15.6. The van der Waals surface area contributed by atoms with E-state index in [-0.39, 0.29) is 11.9 Å². The molecule has 2 aliphatic rings. The molecule has 2 saturated heterocycles. The lowest BCUT2D eigenvalue weighted by Gasteiger charge is -2.29. The molecule has 1 aromatic carbocycles. The van der Waals surface area contributed by atoms with E-state index in [0.29, 0.717) is 11.8 Å². The topological polar surface area (TPSA) is 65.1 Å². The van der Waals surface area contributed by atoms with Crippen molar-refractivity contribution in [3.8, 4) is 0 Å². The summed E-state index contributed by atoms with van der Waals surface area (Å²) in [4.78, 5) is 29.3. The number of fused-ring (bicyclic) bond motifs is 2. The first-order valence-corrected chi connectivity index (χ1v) is 9.50. The van der Waals surface area contributed by atoms with Crippen LogP contribution in [-0.4, -0.2) is 45.4 Å². The molecule has 0 bridgehead atoms. The fraction of sp³-hybridized carbons (Fsp3) is 0.381. The zero-order valence-electron chi connectivity index (χ0n) is 15.6. The van der Waals surface area contributed by atoms with Crippen molar-refractivity contribution >= 4 is 22.8 Å². The maximum absolute atomic E-state index is 12.3. The Morgan fingerprint density at radius 1 is 1.11 bits per heavy atom. The molecule has 138 valence electrons. The van der Waals surface area contributed by atoms with Gasteiger partial charge < -0.3 is 14.8 Å². The Hall–Kier alpha value is -2.89. The summed E-state index contributed by atoms with van der Waals surface area (Å²) in [6, 6.07) is 12.6. The smallest absolute Gasteiger partial charge is 0.219 e. The molecule has 1 amide bonds. The fourth-order valence-corrected chi connectivity index (χ4v) is 4.89. The summed E-state index contributed by atoms with van der Waals surface area (Å²) in [6.07, 6.45) is 1.92. The molecule has 4 heterocycles. The quantitative estimate of drug-likeness (QED) is 0.762. The summed E-state index contributed by atoms with van der Waals surface area (Å²) in [5, 5.41) is 0. The summed E-state index contributed by atoms with van der Waals surface area (Å²) in [5.74, 6) is 2.81. The number of nitrogens with zero attached hydrogens (tertiary/aromatic N) is 4. The molecule has 2 aliphatic heterocycles. The van der Waals surface area contributed by atoms with Crippen molar-refractivity contribution < 1.29 is 4.79 Å². The summed E-state index contributed by atoms with van der Waals surface area (Å²) in [5.41, 5.74) is 3.19. The number of aromatic nitrogens is 3. The van der Waals surface area contributed by atoms with Gasteiger partial charge in [-0.25, -0.2) is 9.97 Å². The van der Waals surface area contributed by atoms with Crippen LogP contribution in [0.5, 0.6) is 0 Å². The number of hydrogen-bond donors (Lipinski definition) is 1. The molecular weight excluding hydrogens is 338 g/mol. The molecule has 0 aliphatic carbocycles. The Morgan fingerprint density at radius 3 is 2.70 bits per heavy atom. The van der Waals surface area contributed by atoms with Crippen molar-refractivity contribution in [2.45, 2.75) is 19.9 Å². The molecule has 2 fully saturated rings. The van der Waals surface area contributed by atoms with E-state index in [1.165, 1.54) is 5.56 Å². The van der Waals surface area contributed by atoms with Crippen LogP contribution in [-0.2, 0) is 4.79 Å². The molecule has 0 spiro atoms. The number of aryl methyl sites for hydroxylation is 1. The van der Waals surface area contributed by atoms with Crippen molar-refractivity contribution in [3.63, 3.8) is 0 Å². The summed E-state index contributed by atoms with van der Waals surface area (Å²) >= 11 is 0. The first-order chi connectivity index (χ1) is 13.1. The lowest BCUT2D eigenvalue weighted by molar-refractivity contribution is -0.130. The van der Waals surface area contributed by atoms with Gasteiger partial charge in [-0.2, -0.15) is 0 Å². The number of hydrogen-bond acceptors (Lipinski definition) is 4. The van der Waals surface area contributed by atoms with Gasteiger partial charge in [0.15, 0.2) is 5.82 Å². The molecule has 6 nitrogen and oxygen atoms in total. The Labute approximate surface area is 158 Å². The lowest BCUT2D eigenvalue weighted by atomic mass is 9.89. The molecule has 0 radical (unpaired) electrons. The molecule has 0 saturated carbocycles. The van der Waals surface area contributed by atoms with Gasteiger partial charge in [-0.1, -0.05) is 30.3 Å². The van der Waals surface area contributed by atoms with Crippen molar-refractivity contribution in [2.24, 2.45) is 11.8 Å². The summed E-state index contributed by atoms with van der Waals surface area (Å²) < 4.78 is 0. The van der Waals surface area contributed by atoms with Crippen LogP contribution in [0.25, 0.3) is 11.0 Å². The van der Waals surface area contributed by atoms with E-state index in [0.717, 1.165) is 42.3 Å². The first kappa shape index (κ1) is 16.3. The number of H-pyrrole nitrogens is 1. The number of carbonyl (C=O) groups excluding carboxylic acids is 1. The Morgan fingerprint density at radius 2 is 1.93 bits per heavy atom. The second kappa shape index (κ2) is 6.08. The van der Waals surface area contributed by atoms with Gasteiger partial charge in [-0.15, -0.1) is 0 Å². The van der Waals surface area contributed by atoms with Gasteiger partial charge in [-0.3, -0.25) is 4.79 Å². The number of anilines is 1. The van der Waals surface area contributed by atoms with Gasteiger partial charge in [0.05, 0.1) is 11.6 Å². The van der Waals surface area contributed by atoms with Gasteiger partial charge in [0.25, 0.3) is 0 Å². The van der Waals surface area contributed by atoms with Crippen LogP contribution in [0, 0.1) is 18.8 Å². The number of amides is 1. The van der Waals surface area contributed by atoms with E-state index >= 15 is 0 Å². The molecule has 27 heavy (non-hydrogen) atoms. The fourth-order valence-electron chi connectivity index (χ4n) is 4.89. The number of likely N-dealkylation sites (tertiary alicyclic amines) is 1. The van der Waals surface area contributed by atoms with Crippen LogP contribution in [0.4, 0.5) is 5.82 Å². The minimum Gasteiger partial charge on any atom is -0.357 e. The minimum absolute atomic E-state index is 0.140. The van der Waals surface area contributed by atoms with Crippen LogP contribution in [0.3, 0.4) is 0 Å². The Kier molecular flexibility index (Phi) is 3.67. The van der Waals surface area contributed by atoms with Gasteiger partial charge in [0.1, 0.15) is 11.3 Å². The van der Waals surface area contributed by atoms with Crippen LogP contribution in [0.15, 0.2) is 42.6 Å². The summed E-state index contributed by atoms with van der Waals surface area (Å²) in [7, 11) is 0. The highest BCUT2D eigenvalue weighted by molar-refractivity contribution is 5.86. The highest BCUT2D eigenvalue weighted by Crippen LogP contribution is 2.46. The largest absolute Gasteiger partial charge is 0.357 e. The van der Waals surface area contributed by atoms with E-state index in [4.69, 9.17) is 4.98 Å². The number of aromatic amines is 1. The van der Waals surface area contributed by atoms with Crippen LogP contribution in [0.2, 0.25) is 0 Å². The number of nitrogens with one attached hydrogen (secondary N) is 1. The van der Waals surface area contributed by atoms with Crippen molar-refractivity contribution in [1.29, 1.82) is 0 Å². The molecule has 3 aromatic rings. The zero-order chi connectivity index (χ0) is 18.5. The Balaban J connectivity index is 1.51. The average Bonchev–Trinajstić information content (AvgIpc) is 3.35. The van der Waals surface area contributed by atoms with E-state index in [1.54, 1.807) is 6.92 Å². The van der Waals surface area contributed by atoms with Crippen molar-refractivity contribution in [1.82, 2.24) is 19.9 Å². The lowest BCUT2D eigenvalue weighted by Crippen LogP contribution is -2.34. The average molecular weight is 361 g/mol. The van der Waals surface area contributed by atoms with E-state index in [1.807, 2.05) is 25.3 Å². The monoisotopic (exact) mass is 361 g/mol. The molecule has 3 atom stereocenters. The second-order valence-electron chi connectivity index (χ2n) is 7.69. The predicted octanol–water partition coefficient (Wildman–Crippen LogP) is 2.92. The van der Waals surface area contributed by atoms with E-state index in [9.17, 15) is 4.79 Å². The van der Waals surface area contributed by atoms with Crippen molar-refractivity contribution in [2.75, 3.05) is 24.5 Å². The predicted molar refractivity (Wildman–Crippen MR) is 104 cm³/mol. The third-order valence-corrected chi connectivity index (χ3v) is 6.01. The van der Waals surface area contributed by atoms with Crippen molar-refractivity contribution in [3.05, 3.63) is 54.0 Å². The molecule has 5 rings (SSSR count). The molecule has 0 unspecified atom stereocenters. The SMILES string of the molecule is CC(=O)N1C[C@H]2CN(c3nc(C)nc4cc[nH]c34)C[C@H]2[C@@H]1c1ccccc1. The third kappa shape index (κ3) is 2.59. The molecule has 1 N–H and O–H groups in total. The highest BCUT2D eigenvalue weighted by atomic mass is 16.2. The minimum atomic E-state index is 0.140. The number of carbonyl (C=O) groups is 1.